The van der Waals surface area contributed by atoms with E-state index in [4.69, 9.17) is 14.2 Å². The molecule has 0 saturated heterocycles. The fourth-order valence-corrected chi connectivity index (χ4v) is 0.525. The Kier molecular flexibility index (Phi) is 10.9. The van der Waals surface area contributed by atoms with Crippen LogP contribution in [0.3, 0.4) is 0 Å². The van der Waals surface area contributed by atoms with E-state index < -0.39 is 14.4 Å². The number of hydrogen-bond donors (Lipinski definition) is 1. The summed E-state index contributed by atoms with van der Waals surface area (Å²) in [5, 5.41) is 0. The van der Waals surface area contributed by atoms with Crippen molar-refractivity contribution in [2.75, 3.05) is 6.61 Å². The summed E-state index contributed by atoms with van der Waals surface area (Å²) in [7, 11) is 4.81. The summed E-state index contributed by atoms with van der Waals surface area (Å²) in [4.78, 5) is 9.96. The van der Waals surface area contributed by atoms with E-state index >= 15 is 0 Å². The number of primary amides is 1. The molecule has 14 heavy (non-hydrogen) atoms. The van der Waals surface area contributed by atoms with Crippen molar-refractivity contribution < 1.29 is 17.9 Å². The third kappa shape index (κ3) is 40.9. The molecule has 1 amide bonds. The molecule has 8 heteroatoms. The topological polar surface area (TPSA) is 86.5 Å². The summed E-state index contributed by atoms with van der Waals surface area (Å²) in [6, 6.07) is 0. The molecule has 5 nitrogen and oxygen atoms in total. The van der Waals surface area contributed by atoms with E-state index in [-0.39, 0.29) is 0 Å². The fraction of sp³-hybridized carbons (Fsp3) is 0.833. The first-order chi connectivity index (χ1) is 6.27. The first kappa shape index (κ1) is 16.2. The van der Waals surface area contributed by atoms with Gasteiger partial charge in [0.2, 0.25) is 0 Å². The Balaban J connectivity index is 0. The van der Waals surface area contributed by atoms with Crippen molar-refractivity contribution in [2.24, 2.45) is 5.73 Å². The molecule has 0 radical (unpaired) electrons. The normalized spacial score (nSPS) is 9.93. The monoisotopic (exact) mass is 265 g/mol. The van der Waals surface area contributed by atoms with Crippen molar-refractivity contribution in [1.29, 1.82) is 0 Å². The molecule has 0 aliphatic heterocycles. The van der Waals surface area contributed by atoms with E-state index in [2.05, 4.69) is 33.0 Å². The minimum atomic E-state index is -3.72. The predicted molar refractivity (Wildman–Crippen MR) is 55.7 cm³/mol. The van der Waals surface area contributed by atoms with Crippen LogP contribution in [-0.4, -0.2) is 21.1 Å². The maximum absolute atomic E-state index is 9.96. The Bertz CT molecular complexity index is 234. The summed E-state index contributed by atoms with van der Waals surface area (Å²) in [5.41, 5.74) is 4.71. The van der Waals surface area contributed by atoms with Crippen LogP contribution in [0.25, 0.3) is 0 Å². The lowest BCUT2D eigenvalue weighted by Gasteiger charge is -1.97. The molecule has 86 valence electrons. The summed E-state index contributed by atoms with van der Waals surface area (Å²) in [5.74, 6) is 0. The van der Waals surface area contributed by atoms with Crippen molar-refractivity contribution in [2.45, 2.75) is 26.2 Å². The fourth-order valence-electron chi connectivity index (χ4n) is 0.525. The number of unbranched alkanes of at least 4 members (excludes halogenated alkanes) is 2. The standard InChI is InChI=1S/C6H13NO2.Cl2O2S/c1-2-3-4-5-9-6(7)8;1-5(2,3)4/h2-5H2,1H3,(H2,7,8);. The highest BCUT2D eigenvalue weighted by Crippen LogP contribution is 1.98. The number of rotatable bonds is 4. The molecule has 0 spiro atoms. The minimum Gasteiger partial charge on any atom is -0.450 e. The maximum Gasteiger partial charge on any atom is 0.404 e. The van der Waals surface area contributed by atoms with Crippen LogP contribution in [0.2, 0.25) is 0 Å². The molecule has 2 N–H and O–H groups in total. The molecule has 0 heterocycles. The van der Waals surface area contributed by atoms with Gasteiger partial charge in [-0.05, 0) is 6.42 Å². The van der Waals surface area contributed by atoms with Gasteiger partial charge in [0.25, 0.3) is 0 Å². The summed E-state index contributed by atoms with van der Waals surface area (Å²) in [6.45, 7) is 2.55. The van der Waals surface area contributed by atoms with Gasteiger partial charge in [-0.25, -0.2) is 4.79 Å². The number of carbonyl (C=O) groups excluding carboxylic acids is 1. The third-order valence-corrected chi connectivity index (χ3v) is 0.992. The van der Waals surface area contributed by atoms with Crippen molar-refractivity contribution in [1.82, 2.24) is 0 Å². The van der Waals surface area contributed by atoms with E-state index in [0.717, 1.165) is 19.3 Å². The maximum atomic E-state index is 9.96. The number of halogens is 2. The molecular formula is C6H13Cl2NO4S. The Morgan fingerprint density at radius 1 is 1.36 bits per heavy atom. The van der Waals surface area contributed by atoms with E-state index in [1.165, 1.54) is 0 Å². The van der Waals surface area contributed by atoms with Gasteiger partial charge >= 0.3 is 14.4 Å². The average Bonchev–Trinajstić information content (AvgIpc) is 1.94. The second kappa shape index (κ2) is 9.36. The lowest BCUT2D eigenvalue weighted by atomic mass is 10.3. The van der Waals surface area contributed by atoms with Gasteiger partial charge < -0.3 is 10.5 Å². The number of hydrogen-bond acceptors (Lipinski definition) is 4. The zero-order valence-corrected chi connectivity index (χ0v) is 10.0. The molecule has 0 fully saturated rings. The van der Waals surface area contributed by atoms with Gasteiger partial charge in [-0.15, -0.1) is 0 Å². The Morgan fingerprint density at radius 2 is 1.79 bits per heavy atom. The van der Waals surface area contributed by atoms with E-state index in [0.29, 0.717) is 6.61 Å². The van der Waals surface area contributed by atoms with Crippen molar-refractivity contribution in [3.8, 4) is 0 Å². The van der Waals surface area contributed by atoms with E-state index in [1.54, 1.807) is 0 Å². The molecule has 0 atom stereocenters. The van der Waals surface area contributed by atoms with Crippen molar-refractivity contribution in [3.63, 3.8) is 0 Å². The van der Waals surface area contributed by atoms with E-state index in [9.17, 15) is 4.79 Å². The van der Waals surface area contributed by atoms with Crippen LogP contribution in [0.1, 0.15) is 26.2 Å². The molecule has 0 saturated carbocycles. The Morgan fingerprint density at radius 3 is 2.07 bits per heavy atom. The SMILES string of the molecule is CCCCCOC(N)=O.O=S(=O)(Cl)Cl. The predicted octanol–water partition coefficient (Wildman–Crippen LogP) is 1.98. The van der Waals surface area contributed by atoms with Crippen LogP contribution in [0.5, 0.6) is 0 Å². The van der Waals surface area contributed by atoms with Gasteiger partial charge in [-0.1, -0.05) is 19.8 Å². The van der Waals surface area contributed by atoms with Gasteiger partial charge in [0.05, 0.1) is 6.61 Å². The van der Waals surface area contributed by atoms with Gasteiger partial charge in [0.1, 0.15) is 0 Å². The van der Waals surface area contributed by atoms with Crippen LogP contribution in [0, 0.1) is 0 Å². The average molecular weight is 266 g/mol. The summed E-state index contributed by atoms with van der Waals surface area (Å²) < 4.78 is 22.8. The van der Waals surface area contributed by atoms with Crippen LogP contribution in [0.4, 0.5) is 4.79 Å². The third-order valence-electron chi connectivity index (χ3n) is 0.992. The zero-order chi connectivity index (χ0) is 11.6. The molecule has 0 aromatic carbocycles. The first-order valence-corrected chi connectivity index (χ1v) is 6.97. The largest absolute Gasteiger partial charge is 0.450 e. The van der Waals surface area contributed by atoms with Crippen molar-refractivity contribution >= 4 is 35.7 Å². The summed E-state index contributed by atoms with van der Waals surface area (Å²) >= 11 is 0. The second-order valence-electron chi connectivity index (χ2n) is 2.25. The summed E-state index contributed by atoms with van der Waals surface area (Å²) in [6.07, 6.45) is 2.46. The highest BCUT2D eigenvalue weighted by molar-refractivity contribution is 8.31. The number of carbonyl (C=O) groups is 1. The van der Waals surface area contributed by atoms with E-state index in [1.807, 2.05) is 0 Å². The second-order valence-corrected chi connectivity index (χ2v) is 5.92. The number of amides is 1. The minimum absolute atomic E-state index is 0.461. The molecule has 0 aliphatic rings. The van der Waals surface area contributed by atoms with Gasteiger partial charge in [0, 0.05) is 21.4 Å². The molecule has 0 aromatic rings. The smallest absolute Gasteiger partial charge is 0.404 e. The van der Waals surface area contributed by atoms with Crippen LogP contribution in [-0.2, 0) is 13.0 Å². The Labute approximate surface area is 92.4 Å². The molecule has 0 bridgehead atoms. The molecule has 0 rings (SSSR count). The van der Waals surface area contributed by atoms with Crippen molar-refractivity contribution in [3.05, 3.63) is 0 Å². The quantitative estimate of drug-likeness (QED) is 0.622. The van der Waals surface area contributed by atoms with Crippen LogP contribution >= 0.6 is 21.4 Å². The van der Waals surface area contributed by atoms with Gasteiger partial charge in [-0.3, -0.25) is 0 Å². The molecule has 0 aliphatic carbocycles. The first-order valence-electron chi connectivity index (χ1n) is 3.83. The number of ether oxygens (including phenoxy) is 1. The zero-order valence-electron chi connectivity index (χ0n) is 7.70. The lowest BCUT2D eigenvalue weighted by Crippen LogP contribution is -2.13. The highest BCUT2D eigenvalue weighted by Gasteiger charge is 1.90. The number of nitrogens with two attached hydrogens (primary N) is 1. The Hall–Kier alpha value is -0.200. The van der Waals surface area contributed by atoms with Crippen LogP contribution in [0.15, 0.2) is 0 Å². The van der Waals surface area contributed by atoms with Gasteiger partial charge in [0.15, 0.2) is 0 Å². The lowest BCUT2D eigenvalue weighted by molar-refractivity contribution is 0.154. The molecular weight excluding hydrogens is 253 g/mol. The molecule has 0 unspecified atom stereocenters. The van der Waals surface area contributed by atoms with Crippen LogP contribution < -0.4 is 5.73 Å². The van der Waals surface area contributed by atoms with Gasteiger partial charge in [-0.2, -0.15) is 8.42 Å². The molecule has 0 aromatic heterocycles. The highest BCUT2D eigenvalue weighted by atomic mass is 36.0.